The molecule has 0 bridgehead atoms. The van der Waals surface area contributed by atoms with Gasteiger partial charge in [-0.05, 0) is 25.5 Å². The smallest absolute Gasteiger partial charge is 0.128 e. The SMILES string of the molecule is CC1CN(c2ccc([C@@H](C)O)cn2)CCO1. The Hall–Kier alpha value is -1.13. The van der Waals surface area contributed by atoms with E-state index >= 15 is 0 Å². The summed E-state index contributed by atoms with van der Waals surface area (Å²) in [5, 5.41) is 9.39. The Morgan fingerprint density at radius 1 is 1.56 bits per heavy atom. The highest BCUT2D eigenvalue weighted by Gasteiger charge is 2.17. The first kappa shape index (κ1) is 11.4. The molecule has 1 aliphatic rings. The van der Waals surface area contributed by atoms with E-state index in [4.69, 9.17) is 4.74 Å². The Bertz CT molecular complexity index is 337. The summed E-state index contributed by atoms with van der Waals surface area (Å²) < 4.78 is 5.48. The van der Waals surface area contributed by atoms with Crippen molar-refractivity contribution in [3.8, 4) is 0 Å². The zero-order chi connectivity index (χ0) is 11.5. The molecule has 88 valence electrons. The highest BCUT2D eigenvalue weighted by atomic mass is 16.5. The summed E-state index contributed by atoms with van der Waals surface area (Å²) in [6.45, 7) is 6.32. The Morgan fingerprint density at radius 3 is 2.94 bits per heavy atom. The number of morpholine rings is 1. The van der Waals surface area contributed by atoms with Crippen LogP contribution in [-0.4, -0.2) is 35.9 Å². The first-order valence-corrected chi connectivity index (χ1v) is 5.67. The molecule has 1 aromatic heterocycles. The number of nitrogens with zero attached hydrogens (tertiary/aromatic N) is 2. The van der Waals surface area contributed by atoms with Crippen molar-refractivity contribution in [3.05, 3.63) is 23.9 Å². The number of aromatic nitrogens is 1. The molecule has 4 nitrogen and oxygen atoms in total. The van der Waals surface area contributed by atoms with Crippen molar-refractivity contribution in [2.75, 3.05) is 24.6 Å². The van der Waals surface area contributed by atoms with Crippen LogP contribution in [0.15, 0.2) is 18.3 Å². The van der Waals surface area contributed by atoms with Crippen LogP contribution in [0.4, 0.5) is 5.82 Å². The average Bonchev–Trinajstić information content (AvgIpc) is 2.29. The molecule has 2 atom stereocenters. The number of rotatable bonds is 2. The highest BCUT2D eigenvalue weighted by molar-refractivity contribution is 5.40. The summed E-state index contributed by atoms with van der Waals surface area (Å²) >= 11 is 0. The van der Waals surface area contributed by atoms with Crippen LogP contribution in [0.1, 0.15) is 25.5 Å². The van der Waals surface area contributed by atoms with E-state index in [9.17, 15) is 5.11 Å². The van der Waals surface area contributed by atoms with E-state index in [-0.39, 0.29) is 6.10 Å². The fourth-order valence-electron chi connectivity index (χ4n) is 1.86. The van der Waals surface area contributed by atoms with Crippen LogP contribution < -0.4 is 4.90 Å². The maximum atomic E-state index is 9.39. The monoisotopic (exact) mass is 222 g/mol. The topological polar surface area (TPSA) is 45.6 Å². The molecule has 1 N–H and O–H groups in total. The Balaban J connectivity index is 2.09. The summed E-state index contributed by atoms with van der Waals surface area (Å²) in [5.74, 6) is 0.958. The molecule has 2 rings (SSSR count). The maximum Gasteiger partial charge on any atom is 0.128 e. The molecule has 1 aromatic rings. The van der Waals surface area contributed by atoms with Crippen molar-refractivity contribution in [2.45, 2.75) is 26.1 Å². The van der Waals surface area contributed by atoms with Gasteiger partial charge in [0.25, 0.3) is 0 Å². The molecule has 4 heteroatoms. The van der Waals surface area contributed by atoms with E-state index in [2.05, 4.69) is 16.8 Å². The van der Waals surface area contributed by atoms with E-state index < -0.39 is 6.10 Å². The lowest BCUT2D eigenvalue weighted by molar-refractivity contribution is 0.0529. The first-order valence-electron chi connectivity index (χ1n) is 5.67. The molecular weight excluding hydrogens is 204 g/mol. The van der Waals surface area contributed by atoms with Gasteiger partial charge in [0.05, 0.1) is 18.8 Å². The van der Waals surface area contributed by atoms with E-state index in [1.807, 2.05) is 12.1 Å². The van der Waals surface area contributed by atoms with Crippen LogP contribution in [0.25, 0.3) is 0 Å². The third kappa shape index (κ3) is 2.51. The van der Waals surface area contributed by atoms with Gasteiger partial charge in [-0.3, -0.25) is 0 Å². The molecule has 0 spiro atoms. The predicted octanol–water partition coefficient (Wildman–Crippen LogP) is 1.36. The second kappa shape index (κ2) is 4.80. The lowest BCUT2D eigenvalue weighted by Crippen LogP contribution is -2.41. The molecule has 0 amide bonds. The van der Waals surface area contributed by atoms with E-state index in [1.54, 1.807) is 13.1 Å². The van der Waals surface area contributed by atoms with Gasteiger partial charge in [0.15, 0.2) is 0 Å². The minimum atomic E-state index is -0.454. The number of hydrogen-bond donors (Lipinski definition) is 1. The zero-order valence-corrected chi connectivity index (χ0v) is 9.76. The molecule has 1 fully saturated rings. The third-order valence-electron chi connectivity index (χ3n) is 2.82. The molecule has 0 radical (unpaired) electrons. The van der Waals surface area contributed by atoms with Gasteiger partial charge >= 0.3 is 0 Å². The number of anilines is 1. The van der Waals surface area contributed by atoms with E-state index in [0.717, 1.165) is 31.1 Å². The van der Waals surface area contributed by atoms with Crippen molar-refractivity contribution in [1.29, 1.82) is 0 Å². The summed E-state index contributed by atoms with van der Waals surface area (Å²) in [5.41, 5.74) is 0.852. The number of aliphatic hydroxyl groups is 1. The number of ether oxygens (including phenoxy) is 1. The second-order valence-electron chi connectivity index (χ2n) is 4.25. The Morgan fingerprint density at radius 2 is 2.38 bits per heavy atom. The Labute approximate surface area is 95.9 Å². The zero-order valence-electron chi connectivity index (χ0n) is 9.76. The molecule has 0 saturated carbocycles. The van der Waals surface area contributed by atoms with Crippen molar-refractivity contribution in [1.82, 2.24) is 4.98 Å². The Kier molecular flexibility index (Phi) is 3.41. The highest BCUT2D eigenvalue weighted by Crippen LogP contribution is 2.17. The van der Waals surface area contributed by atoms with Crippen LogP contribution in [0.3, 0.4) is 0 Å². The normalized spacial score (nSPS) is 23.2. The minimum absolute atomic E-state index is 0.256. The molecule has 1 aliphatic heterocycles. The van der Waals surface area contributed by atoms with Crippen molar-refractivity contribution in [3.63, 3.8) is 0 Å². The lowest BCUT2D eigenvalue weighted by atomic mass is 10.2. The van der Waals surface area contributed by atoms with Gasteiger partial charge in [0, 0.05) is 19.3 Å². The van der Waals surface area contributed by atoms with Gasteiger partial charge in [-0.2, -0.15) is 0 Å². The molecule has 1 saturated heterocycles. The third-order valence-corrected chi connectivity index (χ3v) is 2.82. The molecule has 0 aromatic carbocycles. The average molecular weight is 222 g/mol. The second-order valence-corrected chi connectivity index (χ2v) is 4.25. The van der Waals surface area contributed by atoms with Crippen LogP contribution >= 0.6 is 0 Å². The van der Waals surface area contributed by atoms with Gasteiger partial charge < -0.3 is 14.7 Å². The summed E-state index contributed by atoms with van der Waals surface area (Å²) in [7, 11) is 0. The quantitative estimate of drug-likeness (QED) is 0.820. The van der Waals surface area contributed by atoms with Crippen molar-refractivity contribution in [2.24, 2.45) is 0 Å². The predicted molar refractivity (Wildman–Crippen MR) is 62.5 cm³/mol. The number of aliphatic hydroxyl groups excluding tert-OH is 1. The standard InChI is InChI=1S/C12H18N2O2/c1-9-8-14(5-6-16-9)12-4-3-11(7-13-12)10(2)15/h3-4,7,9-10,15H,5-6,8H2,1-2H3/t9?,10-/m1/s1. The number of pyridine rings is 1. The number of hydrogen-bond acceptors (Lipinski definition) is 4. The van der Waals surface area contributed by atoms with Gasteiger partial charge in [-0.25, -0.2) is 4.98 Å². The summed E-state index contributed by atoms with van der Waals surface area (Å²) in [4.78, 5) is 6.58. The fourth-order valence-corrected chi connectivity index (χ4v) is 1.86. The van der Waals surface area contributed by atoms with Gasteiger partial charge in [0.1, 0.15) is 5.82 Å². The molecular formula is C12H18N2O2. The van der Waals surface area contributed by atoms with Gasteiger partial charge in [-0.15, -0.1) is 0 Å². The van der Waals surface area contributed by atoms with E-state index in [0.29, 0.717) is 0 Å². The maximum absolute atomic E-state index is 9.39. The molecule has 2 heterocycles. The summed E-state index contributed by atoms with van der Waals surface area (Å²) in [6.07, 6.45) is 1.54. The van der Waals surface area contributed by atoms with Crippen LogP contribution in [0, 0.1) is 0 Å². The van der Waals surface area contributed by atoms with Crippen molar-refractivity contribution < 1.29 is 9.84 Å². The minimum Gasteiger partial charge on any atom is -0.389 e. The van der Waals surface area contributed by atoms with Crippen molar-refractivity contribution >= 4 is 5.82 Å². The largest absolute Gasteiger partial charge is 0.389 e. The van der Waals surface area contributed by atoms with E-state index in [1.165, 1.54) is 0 Å². The first-order chi connectivity index (χ1) is 7.66. The van der Waals surface area contributed by atoms with Crippen LogP contribution in [0.5, 0.6) is 0 Å². The molecule has 0 aliphatic carbocycles. The molecule has 1 unspecified atom stereocenters. The summed E-state index contributed by atoms with van der Waals surface area (Å²) in [6, 6.07) is 3.88. The molecule has 16 heavy (non-hydrogen) atoms. The lowest BCUT2D eigenvalue weighted by Gasteiger charge is -2.32. The fraction of sp³-hybridized carbons (Fsp3) is 0.583. The van der Waals surface area contributed by atoms with Gasteiger partial charge in [-0.1, -0.05) is 6.07 Å². The van der Waals surface area contributed by atoms with Crippen LogP contribution in [-0.2, 0) is 4.74 Å². The van der Waals surface area contributed by atoms with Crippen LogP contribution in [0.2, 0.25) is 0 Å². The van der Waals surface area contributed by atoms with Gasteiger partial charge in [0.2, 0.25) is 0 Å².